The highest BCUT2D eigenvalue weighted by atomic mass is 31.1. The fourth-order valence-corrected chi connectivity index (χ4v) is 6.29. The van der Waals surface area contributed by atoms with Gasteiger partial charge >= 0.3 is 0 Å². The monoisotopic (exact) mass is 396 g/mol. The molecule has 0 radical (unpaired) electrons. The lowest BCUT2D eigenvalue weighted by Gasteiger charge is -2.34. The van der Waals surface area contributed by atoms with Gasteiger partial charge in [0.15, 0.2) is 0 Å². The SMILES string of the molecule is NC1(c2ccc([PH](=O)c3ccc(C4(N)CCCCC4)cc3)cc2)CCCCC1. The van der Waals surface area contributed by atoms with Gasteiger partial charge in [0, 0.05) is 21.7 Å². The highest BCUT2D eigenvalue weighted by Gasteiger charge is 2.30. The second kappa shape index (κ2) is 8.14. The van der Waals surface area contributed by atoms with Crippen LogP contribution in [-0.2, 0) is 15.6 Å². The molecule has 2 aromatic carbocycles. The van der Waals surface area contributed by atoms with Gasteiger partial charge < -0.3 is 16.0 Å². The average molecular weight is 397 g/mol. The molecule has 0 amide bonds. The molecule has 2 aromatic rings. The van der Waals surface area contributed by atoms with Gasteiger partial charge in [0.2, 0.25) is 0 Å². The van der Waals surface area contributed by atoms with Crippen LogP contribution < -0.4 is 22.1 Å². The lowest BCUT2D eigenvalue weighted by molar-refractivity contribution is 0.302. The zero-order chi connectivity index (χ0) is 19.6. The van der Waals surface area contributed by atoms with Crippen LogP contribution in [0.5, 0.6) is 0 Å². The van der Waals surface area contributed by atoms with E-state index < -0.39 is 7.80 Å². The molecule has 4 N–H and O–H groups in total. The van der Waals surface area contributed by atoms with Crippen LogP contribution in [0.4, 0.5) is 0 Å². The van der Waals surface area contributed by atoms with E-state index in [1.165, 1.54) is 49.7 Å². The molecule has 0 aliphatic heterocycles. The van der Waals surface area contributed by atoms with Crippen LogP contribution in [0.3, 0.4) is 0 Å². The first-order chi connectivity index (χ1) is 13.5. The summed E-state index contributed by atoms with van der Waals surface area (Å²) in [5.74, 6) is 0. The van der Waals surface area contributed by atoms with Crippen molar-refractivity contribution in [3.8, 4) is 0 Å². The molecular formula is C24H33N2OP. The molecule has 0 saturated heterocycles. The molecule has 150 valence electrons. The van der Waals surface area contributed by atoms with Crippen LogP contribution in [0.2, 0.25) is 0 Å². The smallest absolute Gasteiger partial charge is 0.131 e. The highest BCUT2D eigenvalue weighted by Crippen LogP contribution is 2.36. The first kappa shape index (κ1) is 19.9. The molecule has 0 atom stereocenters. The third-order valence-electron chi connectivity index (χ3n) is 6.94. The maximum absolute atomic E-state index is 13.1. The van der Waals surface area contributed by atoms with E-state index in [9.17, 15) is 4.57 Å². The van der Waals surface area contributed by atoms with E-state index in [0.29, 0.717) is 0 Å². The minimum Gasteiger partial charge on any atom is -0.321 e. The molecule has 2 aliphatic rings. The molecule has 3 nitrogen and oxygen atoms in total. The number of hydrogen-bond donors (Lipinski definition) is 2. The average Bonchev–Trinajstić information content (AvgIpc) is 2.74. The number of rotatable bonds is 4. The maximum Gasteiger partial charge on any atom is 0.131 e. The normalized spacial score (nSPS) is 21.5. The van der Waals surface area contributed by atoms with Gasteiger partial charge in [-0.05, 0) is 36.8 Å². The summed E-state index contributed by atoms with van der Waals surface area (Å²) in [4.78, 5) is 0. The largest absolute Gasteiger partial charge is 0.321 e. The third kappa shape index (κ3) is 3.99. The molecule has 0 aromatic heterocycles. The molecule has 0 bridgehead atoms. The molecule has 4 heteroatoms. The Hall–Kier alpha value is -1.41. The molecule has 28 heavy (non-hydrogen) atoms. The summed E-state index contributed by atoms with van der Waals surface area (Å²) in [7, 11) is -2.01. The van der Waals surface area contributed by atoms with Crippen LogP contribution in [0.15, 0.2) is 48.5 Å². The van der Waals surface area contributed by atoms with E-state index in [2.05, 4.69) is 24.3 Å². The summed E-state index contributed by atoms with van der Waals surface area (Å²) in [6.07, 6.45) is 11.5. The summed E-state index contributed by atoms with van der Waals surface area (Å²) in [6.45, 7) is 0. The van der Waals surface area contributed by atoms with Crippen molar-refractivity contribution in [2.45, 2.75) is 75.3 Å². The Labute approximate surface area is 169 Å². The first-order valence-electron chi connectivity index (χ1n) is 10.8. The van der Waals surface area contributed by atoms with Crippen molar-refractivity contribution >= 4 is 18.4 Å². The summed E-state index contributed by atoms with van der Waals surface area (Å²) in [6, 6.07) is 16.4. The van der Waals surface area contributed by atoms with E-state index in [1.807, 2.05) is 24.3 Å². The van der Waals surface area contributed by atoms with Crippen LogP contribution in [0.25, 0.3) is 0 Å². The van der Waals surface area contributed by atoms with Crippen molar-refractivity contribution in [3.63, 3.8) is 0 Å². The van der Waals surface area contributed by atoms with Crippen molar-refractivity contribution in [2.24, 2.45) is 11.5 Å². The minimum absolute atomic E-state index is 0.205. The first-order valence-corrected chi connectivity index (χ1v) is 12.2. The topological polar surface area (TPSA) is 69.1 Å². The Bertz CT molecular complexity index is 747. The van der Waals surface area contributed by atoms with Crippen molar-refractivity contribution in [1.29, 1.82) is 0 Å². The van der Waals surface area contributed by atoms with E-state index >= 15 is 0 Å². The fraction of sp³-hybridized carbons (Fsp3) is 0.500. The van der Waals surface area contributed by atoms with Crippen molar-refractivity contribution in [2.75, 3.05) is 0 Å². The van der Waals surface area contributed by atoms with Crippen molar-refractivity contribution in [3.05, 3.63) is 59.7 Å². The highest BCUT2D eigenvalue weighted by molar-refractivity contribution is 7.61. The lowest BCUT2D eigenvalue weighted by Crippen LogP contribution is -2.38. The Kier molecular flexibility index (Phi) is 5.78. The van der Waals surface area contributed by atoms with Gasteiger partial charge in [-0.15, -0.1) is 0 Å². The Morgan fingerprint density at radius 2 is 0.893 bits per heavy atom. The summed E-state index contributed by atoms with van der Waals surface area (Å²) < 4.78 is 13.1. The van der Waals surface area contributed by atoms with Crippen LogP contribution >= 0.6 is 7.80 Å². The summed E-state index contributed by atoms with van der Waals surface area (Å²) in [5.41, 5.74) is 15.2. The van der Waals surface area contributed by atoms with Gasteiger partial charge in [0.1, 0.15) is 7.80 Å². The third-order valence-corrected chi connectivity index (χ3v) is 8.65. The van der Waals surface area contributed by atoms with Gasteiger partial charge in [-0.3, -0.25) is 0 Å². The molecule has 0 spiro atoms. The second-order valence-electron chi connectivity index (χ2n) is 8.92. The quantitative estimate of drug-likeness (QED) is 0.751. The van der Waals surface area contributed by atoms with Crippen molar-refractivity contribution in [1.82, 2.24) is 0 Å². The van der Waals surface area contributed by atoms with Crippen LogP contribution in [0, 0.1) is 0 Å². The van der Waals surface area contributed by atoms with Gasteiger partial charge in [0.25, 0.3) is 0 Å². The van der Waals surface area contributed by atoms with Crippen LogP contribution in [0.1, 0.15) is 75.3 Å². The number of benzene rings is 2. The van der Waals surface area contributed by atoms with Gasteiger partial charge in [-0.2, -0.15) is 0 Å². The molecule has 2 fully saturated rings. The molecule has 2 saturated carbocycles. The molecule has 0 unspecified atom stereocenters. The zero-order valence-corrected chi connectivity index (χ0v) is 17.8. The Balaban J connectivity index is 1.50. The van der Waals surface area contributed by atoms with Crippen LogP contribution in [-0.4, -0.2) is 0 Å². The second-order valence-corrected chi connectivity index (χ2v) is 10.7. The number of hydrogen-bond acceptors (Lipinski definition) is 3. The lowest BCUT2D eigenvalue weighted by atomic mass is 9.77. The maximum atomic E-state index is 13.1. The molecular weight excluding hydrogens is 363 g/mol. The predicted octanol–water partition coefficient (Wildman–Crippen LogP) is 4.43. The van der Waals surface area contributed by atoms with E-state index in [4.69, 9.17) is 11.5 Å². The van der Waals surface area contributed by atoms with Gasteiger partial charge in [-0.1, -0.05) is 87.1 Å². The van der Waals surface area contributed by atoms with Gasteiger partial charge in [-0.25, -0.2) is 0 Å². The van der Waals surface area contributed by atoms with Crippen molar-refractivity contribution < 1.29 is 4.57 Å². The molecule has 4 rings (SSSR count). The number of nitrogens with two attached hydrogens (primary N) is 2. The standard InChI is InChI=1S/C24H33N2OP/c25-23(15-3-1-4-16-23)19-7-11-21(12-8-19)28(27)22-13-9-20(10-14-22)24(26)17-5-2-6-18-24/h7-14,28H,1-6,15-18,25-26H2. The van der Waals surface area contributed by atoms with Gasteiger partial charge in [0.05, 0.1) is 0 Å². The predicted molar refractivity (Wildman–Crippen MR) is 119 cm³/mol. The van der Waals surface area contributed by atoms with E-state index in [0.717, 1.165) is 36.3 Å². The molecule has 2 aliphatic carbocycles. The molecule has 0 heterocycles. The minimum atomic E-state index is -2.01. The Morgan fingerprint density at radius 3 is 1.21 bits per heavy atom. The zero-order valence-electron chi connectivity index (χ0n) is 16.8. The van der Waals surface area contributed by atoms with E-state index in [1.54, 1.807) is 0 Å². The Morgan fingerprint density at radius 1 is 0.571 bits per heavy atom. The summed E-state index contributed by atoms with van der Waals surface area (Å²) in [5, 5.41) is 1.81. The van der Waals surface area contributed by atoms with E-state index in [-0.39, 0.29) is 11.1 Å². The fourth-order valence-electron chi connectivity index (χ4n) is 5.02. The summed E-state index contributed by atoms with van der Waals surface area (Å²) >= 11 is 0.